The predicted molar refractivity (Wildman–Crippen MR) is 91.5 cm³/mol. The first-order valence-electron chi connectivity index (χ1n) is 7.85. The van der Waals surface area contributed by atoms with Gasteiger partial charge in [0.15, 0.2) is 5.82 Å². The van der Waals surface area contributed by atoms with Gasteiger partial charge in [0.1, 0.15) is 5.69 Å². The largest absolute Gasteiger partial charge is 0.479 e. The fraction of sp³-hybridized carbons (Fsp3) is 0.444. The molecule has 4 heteroatoms. The van der Waals surface area contributed by atoms with Crippen molar-refractivity contribution >= 4 is 5.82 Å². The highest BCUT2D eigenvalue weighted by Crippen LogP contribution is 2.29. The summed E-state index contributed by atoms with van der Waals surface area (Å²) in [5.41, 5.74) is 3.92. The molecule has 0 fully saturated rings. The minimum absolute atomic E-state index is 0.405. The summed E-state index contributed by atoms with van der Waals surface area (Å²) in [5, 5.41) is 3.46. The van der Waals surface area contributed by atoms with E-state index in [1.165, 1.54) is 5.56 Å². The summed E-state index contributed by atoms with van der Waals surface area (Å²) in [6.45, 7) is 8.39. The number of aromatic nitrogens is 2. The maximum atomic E-state index is 5.46. The normalized spacial score (nSPS) is 10.8. The van der Waals surface area contributed by atoms with E-state index in [1.807, 2.05) is 6.92 Å². The third kappa shape index (κ3) is 3.56. The minimum Gasteiger partial charge on any atom is -0.479 e. The second-order valence-electron chi connectivity index (χ2n) is 5.54. The number of hydrogen-bond donors (Lipinski definition) is 1. The molecule has 0 bridgehead atoms. The van der Waals surface area contributed by atoms with Gasteiger partial charge in [0.2, 0.25) is 5.88 Å². The van der Waals surface area contributed by atoms with Crippen molar-refractivity contribution in [1.29, 1.82) is 0 Å². The van der Waals surface area contributed by atoms with Gasteiger partial charge < -0.3 is 10.1 Å². The van der Waals surface area contributed by atoms with E-state index in [4.69, 9.17) is 9.72 Å². The van der Waals surface area contributed by atoms with Crippen LogP contribution in [0, 0.1) is 13.8 Å². The standard InChI is InChI=1S/C18H25N3O/c1-6-15(7-2)20-17-13(4)19-16(18(21-17)22-5)14-10-8-12(3)9-11-14/h8-11,15H,6-7H2,1-5H3,(H,20,21). The number of benzene rings is 1. The van der Waals surface area contributed by atoms with Gasteiger partial charge in [-0.2, -0.15) is 4.98 Å². The average molecular weight is 299 g/mol. The molecular weight excluding hydrogens is 274 g/mol. The van der Waals surface area contributed by atoms with E-state index >= 15 is 0 Å². The number of aryl methyl sites for hydroxylation is 2. The molecule has 0 saturated heterocycles. The summed E-state index contributed by atoms with van der Waals surface area (Å²) in [6, 6.07) is 8.65. The third-order valence-electron chi connectivity index (χ3n) is 3.88. The summed E-state index contributed by atoms with van der Waals surface area (Å²) < 4.78 is 5.46. The Balaban J connectivity index is 2.41. The van der Waals surface area contributed by atoms with Crippen molar-refractivity contribution in [1.82, 2.24) is 9.97 Å². The number of hydrogen-bond acceptors (Lipinski definition) is 4. The summed E-state index contributed by atoms with van der Waals surface area (Å²) in [7, 11) is 1.64. The molecule has 118 valence electrons. The van der Waals surface area contributed by atoms with Gasteiger partial charge in [-0.15, -0.1) is 0 Å². The van der Waals surface area contributed by atoms with Crippen LogP contribution in [0.2, 0.25) is 0 Å². The number of methoxy groups -OCH3 is 1. The summed E-state index contributed by atoms with van der Waals surface area (Å²) in [6.07, 6.45) is 2.11. The van der Waals surface area contributed by atoms with E-state index in [1.54, 1.807) is 7.11 Å². The van der Waals surface area contributed by atoms with Crippen LogP contribution in [0.5, 0.6) is 5.88 Å². The number of anilines is 1. The van der Waals surface area contributed by atoms with Crippen molar-refractivity contribution < 1.29 is 4.74 Å². The van der Waals surface area contributed by atoms with Crippen molar-refractivity contribution in [2.24, 2.45) is 0 Å². The Morgan fingerprint density at radius 2 is 1.68 bits per heavy atom. The van der Waals surface area contributed by atoms with Crippen molar-refractivity contribution in [3.05, 3.63) is 35.5 Å². The molecule has 0 aliphatic heterocycles. The molecule has 2 rings (SSSR count). The van der Waals surface area contributed by atoms with Crippen LogP contribution in [-0.4, -0.2) is 23.1 Å². The Kier molecular flexibility index (Phi) is 5.36. The first-order valence-corrected chi connectivity index (χ1v) is 7.85. The highest BCUT2D eigenvalue weighted by Gasteiger charge is 2.15. The first-order chi connectivity index (χ1) is 10.6. The van der Waals surface area contributed by atoms with Crippen molar-refractivity contribution in [2.45, 2.75) is 46.6 Å². The van der Waals surface area contributed by atoms with Crippen molar-refractivity contribution in [3.8, 4) is 17.1 Å². The summed E-state index contributed by atoms with van der Waals surface area (Å²) in [4.78, 5) is 9.34. The van der Waals surface area contributed by atoms with E-state index < -0.39 is 0 Å². The zero-order valence-corrected chi connectivity index (χ0v) is 14.1. The molecule has 1 aromatic heterocycles. The fourth-order valence-corrected chi connectivity index (χ4v) is 2.37. The first kappa shape index (κ1) is 16.3. The Hall–Kier alpha value is -2.10. The Morgan fingerprint density at radius 1 is 1.05 bits per heavy atom. The Labute approximate surface area is 133 Å². The number of nitrogens with one attached hydrogen (secondary N) is 1. The molecule has 0 unspecified atom stereocenters. The predicted octanol–water partition coefficient (Wildman–Crippen LogP) is 4.37. The van der Waals surface area contributed by atoms with Gasteiger partial charge in [0.25, 0.3) is 0 Å². The molecule has 4 nitrogen and oxygen atoms in total. The van der Waals surface area contributed by atoms with E-state index in [0.29, 0.717) is 11.9 Å². The smallest absolute Gasteiger partial charge is 0.242 e. The second kappa shape index (κ2) is 7.25. The fourth-order valence-electron chi connectivity index (χ4n) is 2.37. The maximum Gasteiger partial charge on any atom is 0.242 e. The zero-order chi connectivity index (χ0) is 16.1. The summed E-state index contributed by atoms with van der Waals surface area (Å²) >= 11 is 0. The second-order valence-corrected chi connectivity index (χ2v) is 5.54. The molecular formula is C18H25N3O. The lowest BCUT2D eigenvalue weighted by Crippen LogP contribution is -2.19. The summed E-state index contributed by atoms with van der Waals surface area (Å²) in [5.74, 6) is 1.37. The van der Waals surface area contributed by atoms with Gasteiger partial charge in [0, 0.05) is 11.6 Å². The lowest BCUT2D eigenvalue weighted by molar-refractivity contribution is 0.398. The van der Waals surface area contributed by atoms with Crippen molar-refractivity contribution in [3.63, 3.8) is 0 Å². The monoisotopic (exact) mass is 299 g/mol. The quantitative estimate of drug-likeness (QED) is 0.860. The van der Waals surface area contributed by atoms with Gasteiger partial charge in [0.05, 0.1) is 12.8 Å². The SMILES string of the molecule is CCC(CC)Nc1nc(OC)c(-c2ccc(C)cc2)nc1C. The topological polar surface area (TPSA) is 47.0 Å². The highest BCUT2D eigenvalue weighted by atomic mass is 16.5. The van der Waals surface area contributed by atoms with E-state index in [0.717, 1.165) is 35.6 Å². The molecule has 0 atom stereocenters. The Bertz CT molecular complexity index is 619. The van der Waals surface area contributed by atoms with Crippen LogP contribution in [0.4, 0.5) is 5.82 Å². The molecule has 1 N–H and O–H groups in total. The Morgan fingerprint density at radius 3 is 2.23 bits per heavy atom. The van der Waals surface area contributed by atoms with E-state index in [2.05, 4.69) is 55.3 Å². The molecule has 22 heavy (non-hydrogen) atoms. The average Bonchev–Trinajstić information content (AvgIpc) is 2.54. The van der Waals surface area contributed by atoms with Gasteiger partial charge in [-0.25, -0.2) is 4.98 Å². The molecule has 0 amide bonds. The van der Waals surface area contributed by atoms with E-state index in [-0.39, 0.29) is 0 Å². The molecule has 0 radical (unpaired) electrons. The van der Waals surface area contributed by atoms with Crippen molar-refractivity contribution in [2.75, 3.05) is 12.4 Å². The maximum absolute atomic E-state index is 5.46. The molecule has 0 aliphatic rings. The zero-order valence-electron chi connectivity index (χ0n) is 14.1. The highest BCUT2D eigenvalue weighted by molar-refractivity contribution is 5.66. The third-order valence-corrected chi connectivity index (χ3v) is 3.88. The molecule has 0 aliphatic carbocycles. The minimum atomic E-state index is 0.405. The van der Waals surface area contributed by atoms with Gasteiger partial charge in [-0.1, -0.05) is 43.7 Å². The lowest BCUT2D eigenvalue weighted by Gasteiger charge is -2.18. The van der Waals surface area contributed by atoms with Crippen LogP contribution < -0.4 is 10.1 Å². The van der Waals surface area contributed by atoms with Crippen LogP contribution in [0.15, 0.2) is 24.3 Å². The molecule has 2 aromatic rings. The van der Waals surface area contributed by atoms with Crippen LogP contribution in [-0.2, 0) is 0 Å². The lowest BCUT2D eigenvalue weighted by atomic mass is 10.1. The van der Waals surface area contributed by atoms with Gasteiger partial charge >= 0.3 is 0 Å². The number of rotatable bonds is 6. The molecule has 0 saturated carbocycles. The molecule has 1 heterocycles. The number of nitrogens with zero attached hydrogens (tertiary/aromatic N) is 2. The van der Waals surface area contributed by atoms with E-state index in [9.17, 15) is 0 Å². The number of ether oxygens (including phenoxy) is 1. The van der Waals surface area contributed by atoms with Crippen LogP contribution in [0.3, 0.4) is 0 Å². The van der Waals surface area contributed by atoms with Crippen LogP contribution in [0.25, 0.3) is 11.3 Å². The molecule has 0 spiro atoms. The van der Waals surface area contributed by atoms with Gasteiger partial charge in [-0.3, -0.25) is 0 Å². The van der Waals surface area contributed by atoms with Crippen LogP contribution in [0.1, 0.15) is 37.9 Å². The van der Waals surface area contributed by atoms with Crippen LogP contribution >= 0.6 is 0 Å². The van der Waals surface area contributed by atoms with Gasteiger partial charge in [-0.05, 0) is 26.7 Å². The molecule has 1 aromatic carbocycles.